The summed E-state index contributed by atoms with van der Waals surface area (Å²) >= 11 is 0. The summed E-state index contributed by atoms with van der Waals surface area (Å²) in [6.07, 6.45) is 4.54. The molecule has 0 heterocycles. The Morgan fingerprint density at radius 2 is 2.25 bits per heavy atom. The second kappa shape index (κ2) is 2.42. The number of hydrogen-bond acceptors (Lipinski definition) is 1. The molecule has 0 bridgehead atoms. The molecule has 0 atom stereocenters. The Labute approximate surface area is 26.8 Å². The van der Waals surface area contributed by atoms with Crippen LogP contribution in [0.3, 0.4) is 0 Å². The second-order valence-electron chi connectivity index (χ2n) is 0.289. The molecule has 0 aromatic rings. The first kappa shape index (κ1) is 3.42. The molecule has 0 fully saturated rings. The van der Waals surface area contributed by atoms with Crippen molar-refractivity contribution in [1.29, 1.82) is 0 Å². The molecule has 0 aromatic heterocycles. The maximum atomic E-state index is 4.54. The Kier molecular flexibility index (Phi) is 2.08. The normalized spacial score (nSPS) is 3.75. The molecule has 0 saturated heterocycles. The molecule has 0 aliphatic heterocycles. The van der Waals surface area contributed by atoms with Crippen molar-refractivity contribution in [2.75, 3.05) is 0 Å². The van der Waals surface area contributed by atoms with Gasteiger partial charge in [-0.1, -0.05) is 6.42 Å². The fraction of sp³-hybridized carbons (Fsp3) is 0. The lowest BCUT2D eigenvalue weighted by molar-refractivity contribution is 1.49. The summed E-state index contributed by atoms with van der Waals surface area (Å²) in [5.41, 5.74) is 0. The molecule has 18 valence electrons. The van der Waals surface area contributed by atoms with Crippen molar-refractivity contribution in [3.8, 4) is 12.5 Å². The van der Waals surface area contributed by atoms with E-state index in [4.69, 9.17) is 0 Å². The number of rotatable bonds is 0. The standard InChI is InChI=1S/C2H2BN/c1-2-4-3/h1,4H. The monoisotopic (exact) mass is 51.0 g/mol. The van der Waals surface area contributed by atoms with Gasteiger partial charge in [0.1, 0.15) is 0 Å². The molecular weight excluding hydrogens is 48.8 g/mol. The quantitative estimate of drug-likeness (QED) is 0.217. The van der Waals surface area contributed by atoms with Crippen molar-refractivity contribution < 1.29 is 0 Å². The Morgan fingerprint density at radius 1 is 2.00 bits per heavy atom. The SMILES string of the molecule is [B]NC#C. The van der Waals surface area contributed by atoms with Gasteiger partial charge < -0.3 is 5.23 Å². The largest absolute Gasteiger partial charge is 0.399 e. The zero-order valence-electron chi connectivity index (χ0n) is 2.15. The molecular formula is C2H2BN. The molecule has 0 unspecified atom stereocenters. The van der Waals surface area contributed by atoms with Crippen molar-refractivity contribution in [2.24, 2.45) is 0 Å². The van der Waals surface area contributed by atoms with Crippen LogP contribution in [0.25, 0.3) is 0 Å². The zero-order chi connectivity index (χ0) is 3.41. The molecule has 0 aliphatic carbocycles. The summed E-state index contributed by atoms with van der Waals surface area (Å²) in [5, 5.41) is 1.96. The van der Waals surface area contributed by atoms with E-state index >= 15 is 0 Å². The van der Waals surface area contributed by atoms with Crippen LogP contribution in [0.1, 0.15) is 0 Å². The van der Waals surface area contributed by atoms with Gasteiger partial charge in [0.2, 0.25) is 7.98 Å². The summed E-state index contributed by atoms with van der Waals surface area (Å²) in [6, 6.07) is 1.96. The fourth-order valence-electron chi connectivity index (χ4n) is 0. The lowest BCUT2D eigenvalue weighted by Crippen LogP contribution is -1.93. The van der Waals surface area contributed by atoms with E-state index in [2.05, 4.69) is 14.4 Å². The summed E-state index contributed by atoms with van der Waals surface area (Å²) in [6.45, 7) is 0. The number of nitrogens with one attached hydrogen (secondary N) is 1. The third kappa shape index (κ3) is 1.42. The van der Waals surface area contributed by atoms with E-state index in [0.29, 0.717) is 0 Å². The lowest BCUT2D eigenvalue weighted by Gasteiger charge is -1.64. The van der Waals surface area contributed by atoms with Gasteiger partial charge in [-0.2, -0.15) is 0 Å². The highest BCUT2D eigenvalue weighted by molar-refractivity contribution is 6.05. The first-order valence-corrected chi connectivity index (χ1v) is 0.827. The van der Waals surface area contributed by atoms with Crippen LogP contribution in [-0.2, 0) is 0 Å². The summed E-state index contributed by atoms with van der Waals surface area (Å²) in [7, 11) is 4.54. The van der Waals surface area contributed by atoms with Crippen molar-refractivity contribution in [1.82, 2.24) is 5.23 Å². The van der Waals surface area contributed by atoms with Gasteiger partial charge in [0.05, 0.1) is 0 Å². The van der Waals surface area contributed by atoms with Gasteiger partial charge in [-0.05, 0) is 6.04 Å². The Morgan fingerprint density at radius 3 is 2.25 bits per heavy atom. The minimum absolute atomic E-state index is 1.96. The molecule has 0 spiro atoms. The molecule has 4 heavy (non-hydrogen) atoms. The molecule has 1 nitrogen and oxygen atoms in total. The molecule has 2 radical (unpaired) electrons. The van der Waals surface area contributed by atoms with Crippen molar-refractivity contribution in [2.45, 2.75) is 0 Å². The molecule has 0 amide bonds. The highest BCUT2D eigenvalue weighted by Gasteiger charge is 1.36. The molecule has 1 N–H and O–H groups in total. The van der Waals surface area contributed by atoms with Crippen molar-refractivity contribution in [3.63, 3.8) is 0 Å². The van der Waals surface area contributed by atoms with Crippen LogP contribution in [0.5, 0.6) is 0 Å². The van der Waals surface area contributed by atoms with Gasteiger partial charge in [-0.25, -0.2) is 0 Å². The first-order chi connectivity index (χ1) is 1.91. The smallest absolute Gasteiger partial charge is 0.235 e. The van der Waals surface area contributed by atoms with Crippen LogP contribution < -0.4 is 5.23 Å². The summed E-state index contributed by atoms with van der Waals surface area (Å²) in [5.74, 6) is 0. The Hall–Kier alpha value is -0.575. The molecule has 0 aliphatic rings. The van der Waals surface area contributed by atoms with Gasteiger partial charge >= 0.3 is 0 Å². The maximum Gasteiger partial charge on any atom is 0.235 e. The fourth-order valence-corrected chi connectivity index (χ4v) is 0. The van der Waals surface area contributed by atoms with Crippen LogP contribution in [-0.4, -0.2) is 7.98 Å². The van der Waals surface area contributed by atoms with Gasteiger partial charge in [0, 0.05) is 0 Å². The van der Waals surface area contributed by atoms with Crippen LogP contribution in [0.4, 0.5) is 0 Å². The predicted molar refractivity (Wildman–Crippen MR) is 17.7 cm³/mol. The third-order valence-electron chi connectivity index (χ3n) is 0.0833. The van der Waals surface area contributed by atoms with E-state index in [-0.39, 0.29) is 0 Å². The van der Waals surface area contributed by atoms with Crippen LogP contribution in [0.2, 0.25) is 0 Å². The average molecular weight is 50.9 g/mol. The van der Waals surface area contributed by atoms with E-state index in [1.54, 1.807) is 0 Å². The highest BCUT2D eigenvalue weighted by atomic mass is 14.7. The molecule has 0 aromatic carbocycles. The first-order valence-electron chi connectivity index (χ1n) is 0.827. The third-order valence-corrected chi connectivity index (χ3v) is 0.0833. The predicted octanol–water partition coefficient (Wildman–Crippen LogP) is -0.750. The van der Waals surface area contributed by atoms with Gasteiger partial charge in [0.15, 0.2) is 0 Å². The maximum absolute atomic E-state index is 4.54. The topological polar surface area (TPSA) is 12.0 Å². The van der Waals surface area contributed by atoms with E-state index < -0.39 is 0 Å². The minimum atomic E-state index is 1.96. The zero-order valence-corrected chi connectivity index (χ0v) is 2.15. The van der Waals surface area contributed by atoms with Crippen LogP contribution in [0.15, 0.2) is 0 Å². The molecule has 2 heteroatoms. The summed E-state index contributed by atoms with van der Waals surface area (Å²) < 4.78 is 0. The molecule has 0 rings (SSSR count). The average Bonchev–Trinajstić information content (AvgIpc) is 1.37. The highest BCUT2D eigenvalue weighted by Crippen LogP contribution is 1.14. The Bertz CT molecular complexity index is 35.8. The second-order valence-corrected chi connectivity index (χ2v) is 0.289. The van der Waals surface area contributed by atoms with E-state index in [1.807, 2.05) is 11.3 Å². The van der Waals surface area contributed by atoms with Gasteiger partial charge in [-0.3, -0.25) is 0 Å². The molecule has 0 saturated carbocycles. The van der Waals surface area contributed by atoms with Crippen LogP contribution in [0, 0.1) is 12.5 Å². The lowest BCUT2D eigenvalue weighted by atomic mass is 10.5. The van der Waals surface area contributed by atoms with Crippen molar-refractivity contribution in [3.05, 3.63) is 0 Å². The van der Waals surface area contributed by atoms with E-state index in [9.17, 15) is 0 Å². The number of terminal acetylenes is 1. The van der Waals surface area contributed by atoms with E-state index in [0.717, 1.165) is 0 Å². The van der Waals surface area contributed by atoms with E-state index in [1.165, 1.54) is 0 Å². The van der Waals surface area contributed by atoms with Gasteiger partial charge in [-0.15, -0.1) is 0 Å². The van der Waals surface area contributed by atoms with Crippen LogP contribution >= 0.6 is 0 Å². The van der Waals surface area contributed by atoms with Gasteiger partial charge in [0.25, 0.3) is 0 Å². The minimum Gasteiger partial charge on any atom is -0.399 e. The Balaban J connectivity index is 2.43. The number of hydrogen-bond donors (Lipinski definition) is 1. The summed E-state index contributed by atoms with van der Waals surface area (Å²) in [4.78, 5) is 0. The van der Waals surface area contributed by atoms with Crippen molar-refractivity contribution >= 4 is 7.98 Å².